The van der Waals surface area contributed by atoms with Crippen molar-refractivity contribution in [1.82, 2.24) is 9.88 Å². The topological polar surface area (TPSA) is 59.2 Å². The van der Waals surface area contributed by atoms with Crippen LogP contribution in [0.4, 0.5) is 0 Å². The number of nitrogens with two attached hydrogens (primary N) is 1. The molecule has 0 saturated heterocycles. The van der Waals surface area contributed by atoms with Crippen LogP contribution in [0.5, 0.6) is 0 Å². The Hall–Kier alpha value is -1.72. The molecule has 94 valence electrons. The van der Waals surface area contributed by atoms with Crippen LogP contribution in [0, 0.1) is 0 Å². The Balaban J connectivity index is 2.05. The molecule has 1 amide bonds. The first-order valence-corrected chi connectivity index (χ1v) is 6.51. The van der Waals surface area contributed by atoms with Crippen LogP contribution in [-0.2, 0) is 13.1 Å². The van der Waals surface area contributed by atoms with Gasteiger partial charge in [0.2, 0.25) is 0 Å². The zero-order valence-corrected chi connectivity index (χ0v) is 11.0. The predicted molar refractivity (Wildman–Crippen MR) is 72.2 cm³/mol. The summed E-state index contributed by atoms with van der Waals surface area (Å²) in [5, 5.41) is 2.00. The molecule has 2 N–H and O–H groups in total. The van der Waals surface area contributed by atoms with Crippen molar-refractivity contribution < 1.29 is 4.79 Å². The fourth-order valence-corrected chi connectivity index (χ4v) is 2.33. The molecule has 0 aliphatic rings. The normalized spacial score (nSPS) is 10.3. The largest absolute Gasteiger partial charge is 0.335 e. The lowest BCUT2D eigenvalue weighted by molar-refractivity contribution is 0.0780. The standard InChI is InChI=1S/C13H15N3OS/c1-16(9-11-3-2-6-18-11)13(17)12-5-4-10(7-14)8-15-12/h2-6,8H,7,9,14H2,1H3. The minimum absolute atomic E-state index is 0.0769. The number of nitrogens with zero attached hydrogens (tertiary/aromatic N) is 2. The number of carbonyl (C=O) groups excluding carboxylic acids is 1. The zero-order chi connectivity index (χ0) is 13.0. The van der Waals surface area contributed by atoms with Crippen molar-refractivity contribution in [2.24, 2.45) is 5.73 Å². The quantitative estimate of drug-likeness (QED) is 0.914. The maximum absolute atomic E-state index is 12.1. The van der Waals surface area contributed by atoms with Crippen molar-refractivity contribution in [1.29, 1.82) is 0 Å². The van der Waals surface area contributed by atoms with Crippen LogP contribution in [0.3, 0.4) is 0 Å². The summed E-state index contributed by atoms with van der Waals surface area (Å²) >= 11 is 1.64. The number of aromatic nitrogens is 1. The minimum Gasteiger partial charge on any atom is -0.335 e. The second-order valence-electron chi connectivity index (χ2n) is 4.00. The first-order chi connectivity index (χ1) is 8.70. The smallest absolute Gasteiger partial charge is 0.272 e. The summed E-state index contributed by atoms with van der Waals surface area (Å²) in [7, 11) is 1.78. The number of pyridine rings is 1. The highest BCUT2D eigenvalue weighted by Crippen LogP contribution is 2.12. The van der Waals surface area contributed by atoms with Crippen molar-refractivity contribution in [3.63, 3.8) is 0 Å². The molecule has 0 radical (unpaired) electrons. The summed E-state index contributed by atoms with van der Waals surface area (Å²) < 4.78 is 0. The van der Waals surface area contributed by atoms with E-state index in [0.717, 1.165) is 10.4 Å². The van der Waals surface area contributed by atoms with E-state index >= 15 is 0 Å². The summed E-state index contributed by atoms with van der Waals surface area (Å²) in [6.07, 6.45) is 1.65. The molecule has 18 heavy (non-hydrogen) atoms. The Morgan fingerprint density at radius 3 is 2.83 bits per heavy atom. The molecule has 4 nitrogen and oxygen atoms in total. The van der Waals surface area contributed by atoms with E-state index < -0.39 is 0 Å². The molecule has 0 unspecified atom stereocenters. The molecular weight excluding hydrogens is 246 g/mol. The van der Waals surface area contributed by atoms with Gasteiger partial charge < -0.3 is 10.6 Å². The number of hydrogen-bond acceptors (Lipinski definition) is 4. The fourth-order valence-electron chi connectivity index (χ4n) is 1.58. The maximum Gasteiger partial charge on any atom is 0.272 e. The molecule has 0 spiro atoms. The zero-order valence-electron chi connectivity index (χ0n) is 10.2. The second-order valence-corrected chi connectivity index (χ2v) is 5.03. The van der Waals surface area contributed by atoms with Gasteiger partial charge in [-0.25, -0.2) is 0 Å². The second kappa shape index (κ2) is 5.75. The van der Waals surface area contributed by atoms with Crippen LogP contribution < -0.4 is 5.73 Å². The highest BCUT2D eigenvalue weighted by Gasteiger charge is 2.13. The van der Waals surface area contributed by atoms with Gasteiger partial charge in [-0.15, -0.1) is 11.3 Å². The minimum atomic E-state index is -0.0769. The lowest BCUT2D eigenvalue weighted by Gasteiger charge is -2.15. The first kappa shape index (κ1) is 12.7. The first-order valence-electron chi connectivity index (χ1n) is 5.63. The predicted octanol–water partition coefficient (Wildman–Crippen LogP) is 1.87. The third kappa shape index (κ3) is 2.94. The molecule has 2 aromatic heterocycles. The van der Waals surface area contributed by atoms with E-state index in [9.17, 15) is 4.79 Å². The van der Waals surface area contributed by atoms with Crippen molar-refractivity contribution in [3.05, 3.63) is 52.0 Å². The Morgan fingerprint density at radius 2 is 2.28 bits per heavy atom. The monoisotopic (exact) mass is 261 g/mol. The Bertz CT molecular complexity index is 508. The van der Waals surface area contributed by atoms with Crippen LogP contribution in [-0.4, -0.2) is 22.8 Å². The van der Waals surface area contributed by atoms with Crippen LogP contribution in [0.25, 0.3) is 0 Å². The molecule has 0 aliphatic carbocycles. The molecule has 0 aromatic carbocycles. The van der Waals surface area contributed by atoms with E-state index in [1.165, 1.54) is 0 Å². The van der Waals surface area contributed by atoms with Crippen LogP contribution >= 0.6 is 11.3 Å². The average Bonchev–Trinajstić information content (AvgIpc) is 2.91. The van der Waals surface area contributed by atoms with E-state index in [-0.39, 0.29) is 5.91 Å². The number of thiophene rings is 1. The third-order valence-electron chi connectivity index (χ3n) is 2.60. The summed E-state index contributed by atoms with van der Waals surface area (Å²) in [6.45, 7) is 1.04. The highest BCUT2D eigenvalue weighted by atomic mass is 32.1. The number of carbonyl (C=O) groups is 1. The van der Waals surface area contributed by atoms with Gasteiger partial charge in [-0.2, -0.15) is 0 Å². The highest BCUT2D eigenvalue weighted by molar-refractivity contribution is 7.09. The molecule has 0 aliphatic heterocycles. The van der Waals surface area contributed by atoms with Gasteiger partial charge in [0.25, 0.3) is 5.91 Å². The molecule has 5 heteroatoms. The molecule has 2 aromatic rings. The van der Waals surface area contributed by atoms with E-state index in [1.807, 2.05) is 23.6 Å². The van der Waals surface area contributed by atoms with E-state index in [0.29, 0.717) is 18.8 Å². The van der Waals surface area contributed by atoms with Crippen molar-refractivity contribution in [3.8, 4) is 0 Å². The molecule has 2 rings (SSSR count). The van der Waals surface area contributed by atoms with Gasteiger partial charge in [0.1, 0.15) is 5.69 Å². The molecule has 0 saturated carbocycles. The van der Waals surface area contributed by atoms with Crippen molar-refractivity contribution >= 4 is 17.2 Å². The molecular formula is C13H15N3OS. The van der Waals surface area contributed by atoms with Crippen LogP contribution in [0.2, 0.25) is 0 Å². The van der Waals surface area contributed by atoms with E-state index in [1.54, 1.807) is 35.5 Å². The van der Waals surface area contributed by atoms with Gasteiger partial charge in [-0.1, -0.05) is 12.1 Å². The SMILES string of the molecule is CN(Cc1cccs1)C(=O)c1ccc(CN)cn1. The van der Waals surface area contributed by atoms with Gasteiger partial charge in [0.05, 0.1) is 6.54 Å². The average molecular weight is 261 g/mol. The third-order valence-corrected chi connectivity index (χ3v) is 3.46. The molecule has 0 fully saturated rings. The van der Waals surface area contributed by atoms with Gasteiger partial charge in [-0.3, -0.25) is 9.78 Å². The Kier molecular flexibility index (Phi) is 4.07. The summed E-state index contributed by atoms with van der Waals surface area (Å²) in [5.41, 5.74) is 6.87. The lowest BCUT2D eigenvalue weighted by atomic mass is 10.2. The van der Waals surface area contributed by atoms with Gasteiger partial charge in [0.15, 0.2) is 0 Å². The number of amides is 1. The Morgan fingerprint density at radius 1 is 1.44 bits per heavy atom. The summed E-state index contributed by atoms with van der Waals surface area (Å²) in [5.74, 6) is -0.0769. The maximum atomic E-state index is 12.1. The lowest BCUT2D eigenvalue weighted by Crippen LogP contribution is -2.26. The summed E-state index contributed by atoms with van der Waals surface area (Å²) in [4.78, 5) is 19.1. The van der Waals surface area contributed by atoms with Crippen molar-refractivity contribution in [2.45, 2.75) is 13.1 Å². The van der Waals surface area contributed by atoms with Gasteiger partial charge in [0, 0.05) is 24.7 Å². The van der Waals surface area contributed by atoms with Crippen molar-refractivity contribution in [2.75, 3.05) is 7.05 Å². The molecule has 2 heterocycles. The Labute approximate surface area is 110 Å². The number of hydrogen-bond donors (Lipinski definition) is 1. The van der Waals surface area contributed by atoms with Gasteiger partial charge >= 0.3 is 0 Å². The molecule has 0 bridgehead atoms. The number of rotatable bonds is 4. The van der Waals surface area contributed by atoms with E-state index in [2.05, 4.69) is 4.98 Å². The van der Waals surface area contributed by atoms with Crippen LogP contribution in [0.1, 0.15) is 20.9 Å². The van der Waals surface area contributed by atoms with Crippen LogP contribution in [0.15, 0.2) is 35.8 Å². The van der Waals surface area contributed by atoms with Gasteiger partial charge in [-0.05, 0) is 23.1 Å². The van der Waals surface area contributed by atoms with E-state index in [4.69, 9.17) is 5.73 Å². The fraction of sp³-hybridized carbons (Fsp3) is 0.231. The molecule has 0 atom stereocenters. The summed E-state index contributed by atoms with van der Waals surface area (Å²) in [6, 6.07) is 7.54.